The molecular weight excluding hydrogens is 376 g/mol. The van der Waals surface area contributed by atoms with Crippen molar-refractivity contribution in [2.45, 2.75) is 6.18 Å². The smallest absolute Gasteiger partial charge is 0.321 e. The molecule has 5 nitrogen and oxygen atoms in total. The summed E-state index contributed by atoms with van der Waals surface area (Å²) in [7, 11) is 0. The Hall–Kier alpha value is -3.01. The number of aromatic nitrogens is 1. The van der Waals surface area contributed by atoms with Gasteiger partial charge in [-0.1, -0.05) is 0 Å². The lowest BCUT2D eigenvalue weighted by molar-refractivity contribution is -0.140. The fourth-order valence-corrected chi connectivity index (χ4v) is 3.05. The maximum atomic E-state index is 14.2. The first-order valence-electron chi connectivity index (χ1n) is 6.98. The first-order valence-corrected chi connectivity index (χ1v) is 7.92. The zero-order valence-electron chi connectivity index (χ0n) is 12.6. The van der Waals surface area contributed by atoms with Crippen LogP contribution in [0.1, 0.15) is 26.3 Å². The molecule has 0 saturated heterocycles. The molecule has 134 valence electrons. The number of carbonyl (C=O) groups is 2. The van der Waals surface area contributed by atoms with Gasteiger partial charge in [0.1, 0.15) is 11.4 Å². The lowest BCUT2D eigenvalue weighted by atomic mass is 10.00. The van der Waals surface area contributed by atoms with Crippen molar-refractivity contribution >= 4 is 40.1 Å². The Morgan fingerprint density at radius 2 is 2.00 bits per heavy atom. The van der Waals surface area contributed by atoms with Crippen molar-refractivity contribution in [3.63, 3.8) is 0 Å². The highest BCUT2D eigenvalue weighted by molar-refractivity contribution is 7.08. The van der Waals surface area contributed by atoms with Crippen molar-refractivity contribution in [1.29, 1.82) is 0 Å². The molecular formula is C16H8F4N2O3S. The largest absolute Gasteiger partial charge is 0.420 e. The van der Waals surface area contributed by atoms with Gasteiger partial charge in [-0.3, -0.25) is 14.4 Å². The van der Waals surface area contributed by atoms with Crippen LogP contribution >= 0.6 is 11.3 Å². The topological polar surface area (TPSA) is 79.0 Å². The molecule has 0 aliphatic rings. The van der Waals surface area contributed by atoms with Crippen molar-refractivity contribution in [3.05, 3.63) is 61.8 Å². The summed E-state index contributed by atoms with van der Waals surface area (Å²) in [5.74, 6) is -2.93. The van der Waals surface area contributed by atoms with Crippen molar-refractivity contribution in [3.8, 4) is 0 Å². The number of benzene rings is 1. The van der Waals surface area contributed by atoms with Gasteiger partial charge < -0.3 is 10.3 Å². The molecule has 2 heterocycles. The van der Waals surface area contributed by atoms with E-state index in [4.69, 9.17) is 0 Å². The van der Waals surface area contributed by atoms with E-state index >= 15 is 0 Å². The predicted octanol–water partition coefficient (Wildman–Crippen LogP) is 3.81. The van der Waals surface area contributed by atoms with Crippen LogP contribution in [0.4, 0.5) is 23.2 Å². The average Bonchev–Trinajstić information content (AvgIpc) is 3.05. The van der Waals surface area contributed by atoms with Crippen LogP contribution < -0.4 is 10.9 Å². The van der Waals surface area contributed by atoms with E-state index in [1.165, 1.54) is 22.8 Å². The number of aromatic amines is 1. The van der Waals surface area contributed by atoms with Crippen LogP contribution in [0, 0.1) is 5.82 Å². The average molecular weight is 384 g/mol. The zero-order valence-corrected chi connectivity index (χ0v) is 13.4. The summed E-state index contributed by atoms with van der Waals surface area (Å²) in [5, 5.41) is 5.07. The minimum atomic E-state index is -5.18. The summed E-state index contributed by atoms with van der Waals surface area (Å²) in [6, 6.07) is 2.89. The van der Waals surface area contributed by atoms with Gasteiger partial charge in [0.05, 0.1) is 22.3 Å². The lowest BCUT2D eigenvalue weighted by Gasteiger charge is -2.16. The lowest BCUT2D eigenvalue weighted by Crippen LogP contribution is -2.23. The van der Waals surface area contributed by atoms with Crippen molar-refractivity contribution in [1.82, 2.24) is 4.98 Å². The van der Waals surface area contributed by atoms with Gasteiger partial charge in [0.15, 0.2) is 6.29 Å². The molecule has 0 fully saturated rings. The minimum Gasteiger partial charge on any atom is -0.321 e. The number of hydrogen-bond acceptors (Lipinski definition) is 4. The van der Waals surface area contributed by atoms with Crippen LogP contribution in [0.5, 0.6) is 0 Å². The molecule has 26 heavy (non-hydrogen) atoms. The Balaban J connectivity index is 2.34. The highest BCUT2D eigenvalue weighted by Gasteiger charge is 2.40. The molecule has 0 aliphatic carbocycles. The van der Waals surface area contributed by atoms with Crippen molar-refractivity contribution in [2.24, 2.45) is 0 Å². The fourth-order valence-electron chi connectivity index (χ4n) is 2.46. The third-order valence-corrected chi connectivity index (χ3v) is 4.22. The SMILES string of the molecule is O=Cc1cc2cc(F)c(C(F)(F)F)c(C(=O)Nc3ccsc3)c2[nH]c1=O. The number of halogens is 4. The molecule has 2 N–H and O–H groups in total. The molecule has 3 aromatic rings. The molecule has 2 aromatic heterocycles. The second-order valence-corrected chi connectivity index (χ2v) is 5.99. The van der Waals surface area contributed by atoms with E-state index in [0.717, 1.165) is 6.07 Å². The molecule has 0 aliphatic heterocycles. The molecule has 0 unspecified atom stereocenters. The third-order valence-electron chi connectivity index (χ3n) is 3.54. The molecule has 0 atom stereocenters. The maximum Gasteiger partial charge on any atom is 0.420 e. The summed E-state index contributed by atoms with van der Waals surface area (Å²) >= 11 is 1.19. The minimum absolute atomic E-state index is 0.180. The Bertz CT molecular complexity index is 1070. The normalized spacial score (nSPS) is 11.5. The van der Waals surface area contributed by atoms with Crippen LogP contribution in [0.15, 0.2) is 33.8 Å². The number of nitrogens with one attached hydrogen (secondary N) is 2. The van der Waals surface area contributed by atoms with Gasteiger partial charge in [0.2, 0.25) is 0 Å². The zero-order chi connectivity index (χ0) is 19.1. The number of carbonyl (C=O) groups excluding carboxylic acids is 2. The van der Waals surface area contributed by atoms with Gasteiger partial charge in [-0.25, -0.2) is 4.39 Å². The van der Waals surface area contributed by atoms with Gasteiger partial charge in [-0.15, -0.1) is 0 Å². The molecule has 1 amide bonds. The first kappa shape index (κ1) is 17.8. The number of amides is 1. The number of hydrogen-bond donors (Lipinski definition) is 2. The number of thiophene rings is 1. The highest BCUT2D eigenvalue weighted by atomic mass is 32.1. The first-order chi connectivity index (χ1) is 12.2. The number of rotatable bonds is 3. The fraction of sp³-hybridized carbons (Fsp3) is 0.0625. The Morgan fingerprint density at radius 1 is 1.27 bits per heavy atom. The van der Waals surface area contributed by atoms with Gasteiger partial charge in [0.25, 0.3) is 11.5 Å². The summed E-state index contributed by atoms with van der Waals surface area (Å²) in [6.07, 6.45) is -5.00. The van der Waals surface area contributed by atoms with Crippen LogP contribution in [-0.4, -0.2) is 17.2 Å². The van der Waals surface area contributed by atoms with E-state index in [-0.39, 0.29) is 17.4 Å². The Kier molecular flexibility index (Phi) is 4.36. The number of anilines is 1. The quantitative estimate of drug-likeness (QED) is 0.532. The van der Waals surface area contributed by atoms with Crippen LogP contribution in [-0.2, 0) is 6.18 Å². The highest BCUT2D eigenvalue weighted by Crippen LogP contribution is 2.37. The third kappa shape index (κ3) is 3.10. The van der Waals surface area contributed by atoms with Gasteiger partial charge >= 0.3 is 6.18 Å². The monoisotopic (exact) mass is 384 g/mol. The molecule has 0 spiro atoms. The molecule has 3 rings (SSSR count). The number of alkyl halides is 3. The predicted molar refractivity (Wildman–Crippen MR) is 87.2 cm³/mol. The Labute approximate surface area is 146 Å². The van der Waals surface area contributed by atoms with E-state index in [1.807, 2.05) is 0 Å². The van der Waals surface area contributed by atoms with E-state index in [0.29, 0.717) is 6.07 Å². The second-order valence-electron chi connectivity index (χ2n) is 5.21. The van der Waals surface area contributed by atoms with Crippen LogP contribution in [0.25, 0.3) is 10.9 Å². The maximum absolute atomic E-state index is 14.2. The summed E-state index contributed by atoms with van der Waals surface area (Å²) in [5.41, 5.74) is -4.54. The molecule has 0 radical (unpaired) electrons. The number of pyridine rings is 1. The molecule has 0 saturated carbocycles. The van der Waals surface area contributed by atoms with Crippen LogP contribution in [0.2, 0.25) is 0 Å². The van der Waals surface area contributed by atoms with E-state index in [2.05, 4.69) is 10.3 Å². The van der Waals surface area contributed by atoms with Crippen molar-refractivity contribution in [2.75, 3.05) is 5.32 Å². The van der Waals surface area contributed by atoms with Gasteiger partial charge in [-0.05, 0) is 23.6 Å². The molecule has 0 bridgehead atoms. The van der Waals surface area contributed by atoms with Crippen molar-refractivity contribution < 1.29 is 27.2 Å². The molecule has 1 aromatic carbocycles. The number of H-pyrrole nitrogens is 1. The standard InChI is InChI=1S/C16H8F4N2O3S/c17-10-4-7-3-8(5-23)14(24)22-13(7)11(12(10)16(18,19)20)15(25)21-9-1-2-26-6-9/h1-6H,(H,21,25)(H,22,24). The summed E-state index contributed by atoms with van der Waals surface area (Å²) in [6.45, 7) is 0. The Morgan fingerprint density at radius 3 is 2.58 bits per heavy atom. The summed E-state index contributed by atoms with van der Waals surface area (Å²) < 4.78 is 54.2. The van der Waals surface area contributed by atoms with Gasteiger partial charge in [0, 0.05) is 10.8 Å². The van der Waals surface area contributed by atoms with E-state index in [9.17, 15) is 31.9 Å². The number of aldehydes is 1. The number of fused-ring (bicyclic) bond motifs is 1. The van der Waals surface area contributed by atoms with E-state index in [1.54, 1.807) is 5.38 Å². The molecule has 10 heteroatoms. The second kappa shape index (κ2) is 6.37. The van der Waals surface area contributed by atoms with Crippen LogP contribution in [0.3, 0.4) is 0 Å². The summed E-state index contributed by atoms with van der Waals surface area (Å²) in [4.78, 5) is 37.2. The van der Waals surface area contributed by atoms with Gasteiger partial charge in [-0.2, -0.15) is 24.5 Å². The van der Waals surface area contributed by atoms with E-state index < -0.39 is 45.7 Å².